The summed E-state index contributed by atoms with van der Waals surface area (Å²) in [7, 11) is 0. The van der Waals surface area contributed by atoms with Gasteiger partial charge in [-0.3, -0.25) is 0 Å². The Hall–Kier alpha value is -1.40. The van der Waals surface area contributed by atoms with Crippen LogP contribution < -0.4 is 0 Å². The first kappa shape index (κ1) is 27.6. The lowest BCUT2D eigenvalue weighted by molar-refractivity contribution is -0.289. The molecule has 0 saturated heterocycles. The largest absolute Gasteiger partial charge is 0.392 e. The van der Waals surface area contributed by atoms with Gasteiger partial charge in [-0.15, -0.1) is 0 Å². The minimum absolute atomic E-state index is 0.0902. The molecule has 36 heavy (non-hydrogen) atoms. The average molecular weight is 509 g/mol. The van der Waals surface area contributed by atoms with E-state index in [1.165, 1.54) is 20.8 Å². The zero-order chi connectivity index (χ0) is 26.8. The predicted octanol–water partition coefficient (Wildman–Crippen LogP) is -0.383. The number of fused-ring (bicyclic) bond motifs is 2. The van der Waals surface area contributed by atoms with E-state index in [-0.39, 0.29) is 25.0 Å². The van der Waals surface area contributed by atoms with Crippen molar-refractivity contribution in [3.8, 4) is 0 Å². The van der Waals surface area contributed by atoms with E-state index in [4.69, 9.17) is 4.74 Å². The number of aliphatic hydroxyl groups excluding tert-OH is 6. The average Bonchev–Trinajstić information content (AvgIpc) is 3.06. The van der Waals surface area contributed by atoms with Gasteiger partial charge in [0.25, 0.3) is 0 Å². The zero-order valence-electron chi connectivity index (χ0n) is 21.2. The quantitative estimate of drug-likeness (QED) is 0.247. The molecule has 10 atom stereocenters. The van der Waals surface area contributed by atoms with Gasteiger partial charge in [0.05, 0.1) is 54.7 Å². The maximum atomic E-state index is 12.1. The summed E-state index contributed by atoms with van der Waals surface area (Å²) in [5.74, 6) is -1.45. The Morgan fingerprint density at radius 3 is 2.17 bits per heavy atom. The third-order valence-electron chi connectivity index (χ3n) is 9.46. The van der Waals surface area contributed by atoms with Crippen molar-refractivity contribution in [1.29, 1.82) is 0 Å². The Bertz CT molecular complexity index is 991. The molecule has 9 nitrogen and oxygen atoms in total. The molecule has 2 saturated carbocycles. The van der Waals surface area contributed by atoms with E-state index < -0.39 is 71.2 Å². The highest BCUT2D eigenvalue weighted by molar-refractivity contribution is 5.42. The molecule has 0 aliphatic heterocycles. The summed E-state index contributed by atoms with van der Waals surface area (Å²) in [4.78, 5) is 0. The van der Waals surface area contributed by atoms with Gasteiger partial charge in [0.2, 0.25) is 0 Å². The van der Waals surface area contributed by atoms with Gasteiger partial charge in [0.15, 0.2) is 0 Å². The van der Waals surface area contributed by atoms with Crippen LogP contribution in [-0.4, -0.2) is 95.3 Å². The minimum atomic E-state index is -2.17. The smallest absolute Gasteiger partial charge is 0.120 e. The highest BCUT2D eigenvalue weighted by Crippen LogP contribution is 2.64. The molecule has 0 spiro atoms. The normalized spacial score (nSPS) is 45.3. The fourth-order valence-electron chi connectivity index (χ4n) is 7.31. The van der Waals surface area contributed by atoms with Gasteiger partial charge >= 0.3 is 0 Å². The lowest BCUT2D eigenvalue weighted by Crippen LogP contribution is -2.72. The second kappa shape index (κ2) is 9.11. The summed E-state index contributed by atoms with van der Waals surface area (Å²) in [6, 6.07) is 9.18. The van der Waals surface area contributed by atoms with E-state index >= 15 is 0 Å². The van der Waals surface area contributed by atoms with Gasteiger partial charge in [-0.2, -0.15) is 0 Å². The molecular formula is C27H40O9. The van der Waals surface area contributed by atoms with Crippen molar-refractivity contribution in [2.45, 2.75) is 95.0 Å². The molecule has 3 aliphatic carbocycles. The van der Waals surface area contributed by atoms with Gasteiger partial charge in [-0.25, -0.2) is 0 Å². The highest BCUT2D eigenvalue weighted by Gasteiger charge is 2.74. The number of aliphatic hydroxyl groups is 8. The second-order valence-corrected chi connectivity index (χ2v) is 11.8. The zero-order valence-corrected chi connectivity index (χ0v) is 21.2. The maximum absolute atomic E-state index is 12.1. The SMILES string of the molecule is CC1=C2[C@@H](O)[C@H](O)[C@@]3(C)[C@H]([C@H](O)[C@]2(C(C)(C)O)C[C@@H]1O)[C@](O)(COCc1ccccc1)[C@@H](O)C[C@@H]3O. The van der Waals surface area contributed by atoms with E-state index in [1.54, 1.807) is 6.92 Å². The molecule has 0 radical (unpaired) electrons. The number of hydrogen-bond donors (Lipinski definition) is 8. The monoisotopic (exact) mass is 508 g/mol. The fourth-order valence-corrected chi connectivity index (χ4v) is 7.31. The van der Waals surface area contributed by atoms with Crippen LogP contribution in [0.1, 0.15) is 46.1 Å². The van der Waals surface area contributed by atoms with Crippen molar-refractivity contribution in [2.75, 3.05) is 6.61 Å². The maximum Gasteiger partial charge on any atom is 0.120 e. The minimum Gasteiger partial charge on any atom is -0.392 e. The Morgan fingerprint density at radius 2 is 1.58 bits per heavy atom. The van der Waals surface area contributed by atoms with Crippen molar-refractivity contribution in [3.63, 3.8) is 0 Å². The summed E-state index contributed by atoms with van der Waals surface area (Å²) in [6.45, 7) is 5.54. The van der Waals surface area contributed by atoms with Crippen molar-refractivity contribution >= 4 is 0 Å². The predicted molar refractivity (Wildman–Crippen MR) is 129 cm³/mol. The van der Waals surface area contributed by atoms with Gasteiger partial charge in [0.1, 0.15) is 11.7 Å². The molecule has 3 aliphatic rings. The molecule has 4 rings (SSSR count). The van der Waals surface area contributed by atoms with Crippen LogP contribution in [0.15, 0.2) is 41.5 Å². The molecule has 8 N–H and O–H groups in total. The number of benzene rings is 1. The molecule has 9 heteroatoms. The Morgan fingerprint density at radius 1 is 0.972 bits per heavy atom. The molecule has 0 amide bonds. The molecule has 1 aromatic rings. The van der Waals surface area contributed by atoms with Gasteiger partial charge in [-0.1, -0.05) is 37.3 Å². The van der Waals surface area contributed by atoms with Gasteiger partial charge in [-0.05, 0) is 43.9 Å². The van der Waals surface area contributed by atoms with Crippen molar-refractivity contribution in [2.24, 2.45) is 16.7 Å². The summed E-state index contributed by atoms with van der Waals surface area (Å²) in [5, 5.41) is 91.4. The van der Waals surface area contributed by atoms with E-state index in [1.807, 2.05) is 30.3 Å². The lowest BCUT2D eigenvalue weighted by atomic mass is 9.51. The molecule has 202 valence electrons. The van der Waals surface area contributed by atoms with Crippen LogP contribution in [0.5, 0.6) is 0 Å². The number of rotatable bonds is 5. The van der Waals surface area contributed by atoms with Gasteiger partial charge < -0.3 is 45.6 Å². The summed E-state index contributed by atoms with van der Waals surface area (Å²) in [5.41, 5.74) is -6.08. The van der Waals surface area contributed by atoms with E-state index in [9.17, 15) is 40.9 Å². The Kier molecular flexibility index (Phi) is 6.99. The molecule has 0 aromatic heterocycles. The number of hydrogen-bond acceptors (Lipinski definition) is 9. The van der Waals surface area contributed by atoms with E-state index in [0.717, 1.165) is 5.56 Å². The third kappa shape index (κ3) is 3.72. The first-order valence-corrected chi connectivity index (χ1v) is 12.5. The number of ether oxygens (including phenoxy) is 1. The highest BCUT2D eigenvalue weighted by atomic mass is 16.5. The fraction of sp³-hybridized carbons (Fsp3) is 0.704. The lowest BCUT2D eigenvalue weighted by Gasteiger charge is -2.59. The van der Waals surface area contributed by atoms with Crippen LogP contribution >= 0.6 is 0 Å². The standard InChI is InChI=1S/C27H40O9/c1-14-16(28)11-26(24(2,3)34)19(14)20(31)22(32)25(4)17(29)10-18(30)27(35,21(25)23(26)33)13-36-12-15-8-6-5-7-9-15/h5-9,16-18,20-23,28-35H,10-13H2,1-4H3/t16-,17-,18-,20+,21-,22-,23-,25+,26-,27-/m0/s1. The molecular weight excluding hydrogens is 468 g/mol. The van der Waals surface area contributed by atoms with Crippen LogP contribution in [0.2, 0.25) is 0 Å². The van der Waals surface area contributed by atoms with E-state index in [0.29, 0.717) is 5.57 Å². The Balaban J connectivity index is 1.86. The second-order valence-electron chi connectivity index (χ2n) is 11.8. The summed E-state index contributed by atoms with van der Waals surface area (Å²) >= 11 is 0. The first-order valence-electron chi connectivity index (χ1n) is 12.5. The Labute approximate surface area is 211 Å². The molecule has 0 bridgehead atoms. The van der Waals surface area contributed by atoms with Crippen LogP contribution in [0, 0.1) is 16.7 Å². The molecule has 0 heterocycles. The van der Waals surface area contributed by atoms with Crippen LogP contribution in [0.4, 0.5) is 0 Å². The third-order valence-corrected chi connectivity index (χ3v) is 9.46. The molecule has 2 fully saturated rings. The first-order chi connectivity index (χ1) is 16.6. The topological polar surface area (TPSA) is 171 Å². The van der Waals surface area contributed by atoms with E-state index in [2.05, 4.69) is 0 Å². The van der Waals surface area contributed by atoms with Crippen LogP contribution in [0.3, 0.4) is 0 Å². The summed E-state index contributed by atoms with van der Waals surface area (Å²) in [6.07, 6.45) is -9.61. The van der Waals surface area contributed by atoms with Crippen LogP contribution in [-0.2, 0) is 11.3 Å². The molecule has 0 unspecified atom stereocenters. The van der Waals surface area contributed by atoms with Crippen LogP contribution in [0.25, 0.3) is 0 Å². The molecule has 1 aromatic carbocycles. The summed E-state index contributed by atoms with van der Waals surface area (Å²) < 4.78 is 5.81. The van der Waals surface area contributed by atoms with Crippen molar-refractivity contribution in [3.05, 3.63) is 47.0 Å². The van der Waals surface area contributed by atoms with Crippen molar-refractivity contribution < 1.29 is 45.6 Å². The van der Waals surface area contributed by atoms with Crippen molar-refractivity contribution in [1.82, 2.24) is 0 Å². The van der Waals surface area contributed by atoms with Gasteiger partial charge in [0, 0.05) is 17.8 Å².